The van der Waals surface area contributed by atoms with Gasteiger partial charge < -0.3 is 10.2 Å². The number of para-hydroxylation sites is 2. The van der Waals surface area contributed by atoms with E-state index < -0.39 is 17.1 Å². The molecule has 1 aliphatic heterocycles. The summed E-state index contributed by atoms with van der Waals surface area (Å²) in [7, 11) is 0. The van der Waals surface area contributed by atoms with E-state index in [2.05, 4.69) is 4.98 Å². The van der Waals surface area contributed by atoms with E-state index in [0.29, 0.717) is 16.2 Å². The molecule has 27 heavy (non-hydrogen) atoms. The molecule has 2 N–H and O–H groups in total. The first kappa shape index (κ1) is 18.0. The van der Waals surface area contributed by atoms with Crippen LogP contribution >= 0.6 is 11.6 Å². The van der Waals surface area contributed by atoms with Crippen LogP contribution in [0, 0.1) is 11.7 Å². The summed E-state index contributed by atoms with van der Waals surface area (Å²) in [5.74, 6) is -1.30. The summed E-state index contributed by atoms with van der Waals surface area (Å²) in [5.41, 5.74) is 5.12. The Morgan fingerprint density at radius 2 is 2.07 bits per heavy atom. The number of oxazole rings is 1. The number of aromatic nitrogens is 1. The Labute approximate surface area is 158 Å². The Morgan fingerprint density at radius 3 is 2.78 bits per heavy atom. The molecule has 2 heterocycles. The Kier molecular flexibility index (Phi) is 4.46. The zero-order valence-corrected chi connectivity index (χ0v) is 14.8. The maximum Gasteiger partial charge on any atom is 0.228 e. The molecule has 4 rings (SSSR count). The first-order valence-electron chi connectivity index (χ1n) is 8.30. The van der Waals surface area contributed by atoms with Gasteiger partial charge in [0.15, 0.2) is 16.9 Å². The molecule has 0 bridgehead atoms. The van der Waals surface area contributed by atoms with Gasteiger partial charge in [0, 0.05) is 23.7 Å². The molecule has 1 aromatic heterocycles. The number of hydrogen-bond acceptors (Lipinski definition) is 5. The normalized spacial score (nSPS) is 18.1. The Morgan fingerprint density at radius 1 is 1.30 bits per heavy atom. The van der Waals surface area contributed by atoms with Crippen molar-refractivity contribution < 1.29 is 18.1 Å². The maximum atomic E-state index is 14.7. The van der Waals surface area contributed by atoms with Gasteiger partial charge in [0.25, 0.3) is 0 Å². The topological polar surface area (TPSA) is 72.4 Å². The molecule has 5 nitrogen and oxygen atoms in total. The molecule has 139 valence electrons. The predicted octanol–water partition coefficient (Wildman–Crippen LogP) is 3.56. The molecule has 0 aliphatic carbocycles. The molecule has 2 aromatic carbocycles. The van der Waals surface area contributed by atoms with Crippen molar-refractivity contribution in [3.8, 4) is 0 Å². The maximum absolute atomic E-state index is 14.7. The van der Waals surface area contributed by atoms with Crippen LogP contribution in [0.1, 0.15) is 17.9 Å². The second-order valence-corrected chi connectivity index (χ2v) is 6.88. The van der Waals surface area contributed by atoms with Crippen LogP contribution in [0.25, 0.3) is 11.1 Å². The molecule has 1 fully saturated rings. The minimum absolute atomic E-state index is 0.0722. The van der Waals surface area contributed by atoms with Gasteiger partial charge in [0.1, 0.15) is 11.3 Å². The van der Waals surface area contributed by atoms with Gasteiger partial charge >= 0.3 is 0 Å². The molecule has 1 aliphatic rings. The molecule has 0 unspecified atom stereocenters. The highest BCUT2D eigenvalue weighted by Gasteiger charge is 2.49. The third kappa shape index (κ3) is 3.01. The fourth-order valence-corrected chi connectivity index (χ4v) is 3.43. The number of benzene rings is 2. The van der Waals surface area contributed by atoms with E-state index in [1.54, 1.807) is 24.3 Å². The zero-order valence-electron chi connectivity index (χ0n) is 14.1. The van der Waals surface area contributed by atoms with Crippen LogP contribution < -0.4 is 5.73 Å². The number of ketones is 1. The average molecular weight is 391 g/mol. The molecule has 8 heteroatoms. The lowest BCUT2D eigenvalue weighted by Gasteiger charge is -2.28. The smallest absolute Gasteiger partial charge is 0.228 e. The van der Waals surface area contributed by atoms with Gasteiger partial charge in [-0.1, -0.05) is 23.7 Å². The van der Waals surface area contributed by atoms with E-state index in [0.717, 1.165) is 6.07 Å². The van der Waals surface area contributed by atoms with Crippen LogP contribution in [0.5, 0.6) is 0 Å². The van der Waals surface area contributed by atoms with Crippen molar-refractivity contribution in [1.29, 1.82) is 0 Å². The molecule has 0 amide bonds. The number of Topliss-reactive ketones (excluding diaryl/α,β-unsaturated/α-hetero) is 1. The second kappa shape index (κ2) is 6.67. The van der Waals surface area contributed by atoms with Crippen molar-refractivity contribution in [2.24, 2.45) is 5.73 Å². The van der Waals surface area contributed by atoms with Crippen molar-refractivity contribution >= 4 is 28.5 Å². The average Bonchev–Trinajstić information content (AvgIpc) is 3.28. The van der Waals surface area contributed by atoms with Crippen molar-refractivity contribution in [3.63, 3.8) is 0 Å². The number of nitrogens with zero attached hydrogens (tertiary/aromatic N) is 2. The molecule has 1 radical (unpaired) electrons. The monoisotopic (exact) mass is 390 g/mol. The van der Waals surface area contributed by atoms with Gasteiger partial charge in [-0.15, -0.1) is 9.60 Å². The minimum Gasteiger partial charge on any atom is -0.438 e. The fourth-order valence-electron chi connectivity index (χ4n) is 3.26. The van der Waals surface area contributed by atoms with E-state index in [9.17, 15) is 13.7 Å². The predicted molar refractivity (Wildman–Crippen MR) is 95.9 cm³/mol. The SMILES string of the molecule is N[C@](C(=O)[C]1CCN(F)C1)(c1nc2ccccc2o1)c1cc(Cl)ccc1F. The minimum atomic E-state index is -2.06. The fraction of sp³-hybridized carbons (Fsp3) is 0.211. The third-order valence-corrected chi connectivity index (χ3v) is 4.92. The van der Waals surface area contributed by atoms with E-state index in [1.807, 2.05) is 0 Å². The number of nitrogens with two attached hydrogens (primary N) is 1. The molecule has 0 spiro atoms. The summed E-state index contributed by atoms with van der Waals surface area (Å²) in [4.78, 5) is 17.6. The van der Waals surface area contributed by atoms with Crippen molar-refractivity contribution in [2.45, 2.75) is 12.0 Å². The molecule has 1 saturated heterocycles. The lowest BCUT2D eigenvalue weighted by molar-refractivity contribution is -0.122. The Balaban J connectivity index is 1.91. The van der Waals surface area contributed by atoms with Crippen LogP contribution in [0.2, 0.25) is 5.02 Å². The van der Waals surface area contributed by atoms with Gasteiger partial charge in [-0.25, -0.2) is 9.37 Å². The highest BCUT2D eigenvalue weighted by atomic mass is 35.5. The highest BCUT2D eigenvalue weighted by molar-refractivity contribution is 6.30. The van der Waals surface area contributed by atoms with Crippen LogP contribution in [0.15, 0.2) is 46.9 Å². The largest absolute Gasteiger partial charge is 0.438 e. The molecular weight excluding hydrogens is 376 g/mol. The number of hydrogen-bond donors (Lipinski definition) is 1. The lowest BCUT2D eigenvalue weighted by Crippen LogP contribution is -2.49. The summed E-state index contributed by atoms with van der Waals surface area (Å²) in [6.07, 6.45) is 0.191. The number of carbonyl (C=O) groups excluding carboxylic acids is 1. The van der Waals surface area contributed by atoms with Gasteiger partial charge in [0.05, 0.1) is 5.92 Å². The van der Waals surface area contributed by atoms with Crippen molar-refractivity contribution in [3.05, 3.63) is 70.7 Å². The van der Waals surface area contributed by atoms with Gasteiger partial charge in [0.2, 0.25) is 5.89 Å². The first-order chi connectivity index (χ1) is 12.9. The standard InChI is InChI=1S/C19H15ClF2N3O2/c20-12-5-6-14(21)13(9-12)19(23,17(26)11-7-8-25(22)10-11)18-24-15-3-1-2-4-16(15)27-18/h1-6,9H,7-8,10,23H2/t19-/m1/s1. The van der Waals surface area contributed by atoms with Crippen molar-refractivity contribution in [1.82, 2.24) is 10.1 Å². The lowest BCUT2D eigenvalue weighted by atomic mass is 9.80. The summed E-state index contributed by atoms with van der Waals surface area (Å²) < 4.78 is 33.9. The number of halogens is 3. The third-order valence-electron chi connectivity index (χ3n) is 4.68. The van der Waals surface area contributed by atoms with Crippen LogP contribution in [0.4, 0.5) is 8.87 Å². The summed E-state index contributed by atoms with van der Waals surface area (Å²) in [6, 6.07) is 10.6. The summed E-state index contributed by atoms with van der Waals surface area (Å²) in [6.45, 7) is -0.122. The van der Waals surface area contributed by atoms with E-state index >= 15 is 0 Å². The Hall–Kier alpha value is -2.35. The van der Waals surface area contributed by atoms with Gasteiger partial charge in [-0.3, -0.25) is 4.79 Å². The molecule has 3 aromatic rings. The number of rotatable bonds is 4. The summed E-state index contributed by atoms with van der Waals surface area (Å²) >= 11 is 6.02. The second-order valence-electron chi connectivity index (χ2n) is 6.45. The zero-order chi connectivity index (χ0) is 19.2. The van der Waals surface area contributed by atoms with Gasteiger partial charge in [-0.05, 0) is 36.8 Å². The number of carbonyl (C=O) groups is 1. The molecular formula is C19H15ClF2N3O2. The van der Waals surface area contributed by atoms with Crippen molar-refractivity contribution in [2.75, 3.05) is 13.1 Å². The van der Waals surface area contributed by atoms with E-state index in [4.69, 9.17) is 21.8 Å². The molecule has 1 atom stereocenters. The van der Waals surface area contributed by atoms with Crippen LogP contribution in [0.3, 0.4) is 0 Å². The van der Waals surface area contributed by atoms with E-state index in [1.165, 1.54) is 12.1 Å². The van der Waals surface area contributed by atoms with Crippen LogP contribution in [-0.4, -0.2) is 29.0 Å². The van der Waals surface area contributed by atoms with Crippen LogP contribution in [-0.2, 0) is 10.3 Å². The first-order valence-corrected chi connectivity index (χ1v) is 8.68. The quantitative estimate of drug-likeness (QED) is 0.690. The number of fused-ring (bicyclic) bond motifs is 1. The van der Waals surface area contributed by atoms with Gasteiger partial charge in [-0.2, -0.15) is 0 Å². The Bertz CT molecular complexity index is 992. The van der Waals surface area contributed by atoms with E-state index in [-0.39, 0.29) is 41.9 Å². The highest BCUT2D eigenvalue weighted by Crippen LogP contribution is 2.37. The summed E-state index contributed by atoms with van der Waals surface area (Å²) in [5, 5.41) is 0.710. The molecule has 0 saturated carbocycles.